The fraction of sp³-hybridized carbons (Fsp3) is 0. The van der Waals surface area contributed by atoms with Crippen LogP contribution in [0.4, 0.5) is 17.1 Å². The minimum atomic E-state index is -1.79. The molecular weight excluding hydrogens is 421 g/mol. The van der Waals surface area contributed by atoms with Gasteiger partial charge < -0.3 is 9.46 Å². The summed E-state index contributed by atoms with van der Waals surface area (Å²) in [5.74, 6) is 0. The van der Waals surface area contributed by atoms with Crippen LogP contribution in [0.25, 0.3) is 0 Å². The lowest BCUT2D eigenvalue weighted by Gasteiger charge is -2.25. The van der Waals surface area contributed by atoms with Crippen LogP contribution in [0.2, 0.25) is 0 Å². The number of nitrogens with zero attached hydrogens (tertiary/aromatic N) is 1. The predicted octanol–water partition coefficient (Wildman–Crippen LogP) is 7.35. The summed E-state index contributed by atoms with van der Waals surface area (Å²) in [7, 11) is -1.79. The normalized spacial score (nSPS) is 10.2. The van der Waals surface area contributed by atoms with E-state index in [1.165, 1.54) is 17.1 Å². The fourth-order valence-electron chi connectivity index (χ4n) is 3.52. The first-order valence-corrected chi connectivity index (χ1v) is 12.3. The molecule has 0 spiro atoms. The highest BCUT2D eigenvalue weighted by Gasteiger charge is 2.10. The van der Waals surface area contributed by atoms with E-state index in [1.54, 1.807) is 0 Å². The van der Waals surface area contributed by atoms with Crippen LogP contribution in [-0.2, 0) is 4.57 Å². The molecule has 0 aliphatic carbocycles. The zero-order chi connectivity index (χ0) is 22.7. The molecule has 0 heterocycles. The standard InChI is InChI=1S/C18H15N.C12H11OP/c1-4-10-16(11-5-1)19(17-12-6-2-7-13-17)18-14-8-3-9-15-18;13-14(11-7-3-1-4-8-11)12-9-5-2-6-10-12/h1-15H;1-10,14H. The van der Waals surface area contributed by atoms with Crippen molar-refractivity contribution in [2.75, 3.05) is 4.90 Å². The quantitative estimate of drug-likeness (QED) is 0.263. The average molecular weight is 448 g/mol. The average Bonchev–Trinajstić information content (AvgIpc) is 2.92. The summed E-state index contributed by atoms with van der Waals surface area (Å²) in [5, 5.41) is 1.84. The van der Waals surface area contributed by atoms with Crippen molar-refractivity contribution < 1.29 is 4.57 Å². The number of para-hydroxylation sites is 3. The molecular formula is C30H26NOP. The van der Waals surface area contributed by atoms with Gasteiger partial charge in [-0.1, -0.05) is 115 Å². The Morgan fingerprint density at radius 3 is 0.879 bits per heavy atom. The number of hydrogen-bond acceptors (Lipinski definition) is 2. The van der Waals surface area contributed by atoms with E-state index in [9.17, 15) is 4.57 Å². The molecule has 33 heavy (non-hydrogen) atoms. The Kier molecular flexibility index (Phi) is 7.89. The van der Waals surface area contributed by atoms with E-state index >= 15 is 0 Å². The van der Waals surface area contributed by atoms with Crippen molar-refractivity contribution in [2.45, 2.75) is 0 Å². The highest BCUT2D eigenvalue weighted by Crippen LogP contribution is 2.33. The molecule has 0 unspecified atom stereocenters. The van der Waals surface area contributed by atoms with Crippen molar-refractivity contribution in [1.82, 2.24) is 0 Å². The Balaban J connectivity index is 0.000000165. The number of anilines is 3. The molecule has 0 N–H and O–H groups in total. The number of hydrogen-bond donors (Lipinski definition) is 0. The van der Waals surface area contributed by atoms with Crippen molar-refractivity contribution in [1.29, 1.82) is 0 Å². The van der Waals surface area contributed by atoms with Gasteiger partial charge in [-0.2, -0.15) is 0 Å². The molecule has 2 nitrogen and oxygen atoms in total. The molecule has 5 aromatic rings. The lowest BCUT2D eigenvalue weighted by Crippen LogP contribution is -2.09. The van der Waals surface area contributed by atoms with E-state index < -0.39 is 7.80 Å². The van der Waals surface area contributed by atoms with Crippen molar-refractivity contribution >= 4 is 35.5 Å². The third kappa shape index (κ3) is 6.10. The van der Waals surface area contributed by atoms with Crippen LogP contribution in [0.1, 0.15) is 0 Å². The molecule has 0 saturated heterocycles. The van der Waals surface area contributed by atoms with Gasteiger partial charge >= 0.3 is 0 Å². The Hall–Kier alpha value is -3.87. The molecule has 0 radical (unpaired) electrons. The summed E-state index contributed by atoms with van der Waals surface area (Å²) < 4.78 is 12.0. The zero-order valence-corrected chi connectivity index (χ0v) is 19.3. The SMILES string of the molecule is O=[PH](c1ccccc1)c1ccccc1.c1ccc(N(c2ccccc2)c2ccccc2)cc1. The Bertz CT molecular complexity index is 1110. The molecule has 0 amide bonds. The van der Waals surface area contributed by atoms with Gasteiger partial charge in [-0.05, 0) is 36.4 Å². The minimum absolute atomic E-state index is 0.920. The van der Waals surface area contributed by atoms with Crippen LogP contribution in [0.15, 0.2) is 152 Å². The van der Waals surface area contributed by atoms with E-state index in [4.69, 9.17) is 0 Å². The van der Waals surface area contributed by atoms with Crippen molar-refractivity contribution in [2.24, 2.45) is 0 Å². The summed E-state index contributed by atoms with van der Waals surface area (Å²) in [4.78, 5) is 2.25. The van der Waals surface area contributed by atoms with Crippen molar-refractivity contribution in [3.63, 3.8) is 0 Å². The van der Waals surface area contributed by atoms with E-state index in [0.29, 0.717) is 0 Å². The first kappa shape index (κ1) is 22.3. The van der Waals surface area contributed by atoms with Crippen LogP contribution < -0.4 is 15.5 Å². The van der Waals surface area contributed by atoms with Gasteiger partial charge in [-0.25, -0.2) is 0 Å². The molecule has 0 saturated carbocycles. The third-order valence-corrected chi connectivity index (χ3v) is 6.83. The van der Waals surface area contributed by atoms with Gasteiger partial charge in [0.25, 0.3) is 0 Å². The van der Waals surface area contributed by atoms with Crippen molar-refractivity contribution in [3.8, 4) is 0 Å². The van der Waals surface area contributed by atoms with Gasteiger partial charge in [0, 0.05) is 27.7 Å². The number of benzene rings is 5. The predicted molar refractivity (Wildman–Crippen MR) is 142 cm³/mol. The van der Waals surface area contributed by atoms with E-state index in [2.05, 4.69) is 77.7 Å². The largest absolute Gasteiger partial charge is 0.317 e. The smallest absolute Gasteiger partial charge is 0.131 e. The van der Waals surface area contributed by atoms with Crippen LogP contribution in [0, 0.1) is 0 Å². The molecule has 0 aliphatic rings. The summed E-state index contributed by atoms with van der Waals surface area (Å²) in [6, 6.07) is 50.4. The highest BCUT2D eigenvalue weighted by molar-refractivity contribution is 7.61. The summed E-state index contributed by atoms with van der Waals surface area (Å²) in [6.07, 6.45) is 0. The molecule has 162 valence electrons. The molecule has 0 bridgehead atoms. The molecule has 0 atom stereocenters. The van der Waals surface area contributed by atoms with Gasteiger partial charge in [0.05, 0.1) is 0 Å². The monoisotopic (exact) mass is 447 g/mol. The highest BCUT2D eigenvalue weighted by atomic mass is 31.1. The summed E-state index contributed by atoms with van der Waals surface area (Å²) in [6.45, 7) is 0. The van der Waals surface area contributed by atoms with Gasteiger partial charge in [-0.15, -0.1) is 0 Å². The van der Waals surface area contributed by atoms with E-state index in [-0.39, 0.29) is 0 Å². The molecule has 5 aromatic carbocycles. The maximum Gasteiger partial charge on any atom is 0.131 e. The first-order chi connectivity index (χ1) is 16.3. The minimum Gasteiger partial charge on any atom is -0.317 e. The number of rotatable bonds is 5. The van der Waals surface area contributed by atoms with Gasteiger partial charge in [0.15, 0.2) is 0 Å². The van der Waals surface area contributed by atoms with Crippen LogP contribution in [0.5, 0.6) is 0 Å². The second-order valence-electron chi connectivity index (χ2n) is 7.40. The first-order valence-electron chi connectivity index (χ1n) is 10.9. The maximum atomic E-state index is 12.0. The third-order valence-electron chi connectivity index (χ3n) is 5.12. The topological polar surface area (TPSA) is 20.3 Å². The Morgan fingerprint density at radius 1 is 0.364 bits per heavy atom. The molecule has 0 fully saturated rings. The molecule has 0 aromatic heterocycles. The zero-order valence-electron chi connectivity index (χ0n) is 18.3. The lowest BCUT2D eigenvalue weighted by molar-refractivity contribution is 0.598. The lowest BCUT2D eigenvalue weighted by atomic mass is 10.2. The second-order valence-corrected chi connectivity index (χ2v) is 9.22. The van der Waals surface area contributed by atoms with Gasteiger partial charge in [0.1, 0.15) is 7.80 Å². The maximum absolute atomic E-state index is 12.0. The van der Waals surface area contributed by atoms with E-state index in [1.807, 2.05) is 78.9 Å². The molecule has 3 heteroatoms. The van der Waals surface area contributed by atoms with Crippen LogP contribution in [-0.4, -0.2) is 0 Å². The molecule has 0 aliphatic heterocycles. The van der Waals surface area contributed by atoms with Gasteiger partial charge in [0.2, 0.25) is 0 Å². The summed E-state index contributed by atoms with van der Waals surface area (Å²) >= 11 is 0. The van der Waals surface area contributed by atoms with E-state index in [0.717, 1.165) is 10.6 Å². The Morgan fingerprint density at radius 2 is 0.606 bits per heavy atom. The van der Waals surface area contributed by atoms with Crippen LogP contribution >= 0.6 is 7.80 Å². The van der Waals surface area contributed by atoms with Gasteiger partial charge in [-0.3, -0.25) is 0 Å². The fourth-order valence-corrected chi connectivity index (χ4v) is 4.85. The van der Waals surface area contributed by atoms with Crippen LogP contribution in [0.3, 0.4) is 0 Å². The summed E-state index contributed by atoms with van der Waals surface area (Å²) in [5.41, 5.74) is 3.50. The Labute approximate surface area is 196 Å². The molecule has 5 rings (SSSR count). The van der Waals surface area contributed by atoms with Crippen molar-refractivity contribution in [3.05, 3.63) is 152 Å². The second kappa shape index (κ2) is 11.7.